The molecule has 0 atom stereocenters. The average Bonchev–Trinajstić information content (AvgIpc) is 2.38. The highest BCUT2D eigenvalue weighted by Gasteiger charge is 1.99. The Kier molecular flexibility index (Phi) is 4.31. The maximum atomic E-state index is 11.7. The molecular formula is C15H13ClN2O. The Bertz CT molecular complexity index is 606. The summed E-state index contributed by atoms with van der Waals surface area (Å²) in [6.45, 7) is 2.02. The van der Waals surface area contributed by atoms with Gasteiger partial charge in [-0.3, -0.25) is 4.79 Å². The molecule has 1 N–H and O–H groups in total. The first-order valence-corrected chi connectivity index (χ1v) is 6.18. The molecule has 0 radical (unpaired) electrons. The maximum absolute atomic E-state index is 11.7. The molecule has 2 aromatic rings. The summed E-state index contributed by atoms with van der Waals surface area (Å²) in [5, 5.41) is 3.18. The number of carbonyl (C=O) groups excluding carboxylic acids is 1. The van der Waals surface area contributed by atoms with Crippen LogP contribution in [0.3, 0.4) is 0 Å². The summed E-state index contributed by atoms with van der Waals surface area (Å²) in [6, 6.07) is 11.2. The first kappa shape index (κ1) is 13.3. The number of aryl methyl sites for hydroxylation is 1. The van der Waals surface area contributed by atoms with E-state index in [0.717, 1.165) is 5.56 Å². The Hall–Kier alpha value is -2.13. The summed E-state index contributed by atoms with van der Waals surface area (Å²) in [5.74, 6) is 0.196. The number of nitrogens with zero attached hydrogens (tertiary/aromatic N) is 1. The summed E-state index contributed by atoms with van der Waals surface area (Å²) in [7, 11) is 0. The van der Waals surface area contributed by atoms with Crippen molar-refractivity contribution in [2.45, 2.75) is 6.92 Å². The van der Waals surface area contributed by atoms with E-state index < -0.39 is 0 Å². The quantitative estimate of drug-likeness (QED) is 0.866. The van der Waals surface area contributed by atoms with Gasteiger partial charge in [-0.25, -0.2) is 4.98 Å². The molecule has 0 saturated carbocycles. The number of halogens is 1. The molecule has 0 fully saturated rings. The Morgan fingerprint density at radius 1 is 1.26 bits per heavy atom. The van der Waals surface area contributed by atoms with Crippen molar-refractivity contribution in [1.29, 1.82) is 0 Å². The predicted octanol–water partition coefficient (Wildman–Crippen LogP) is 3.70. The summed E-state index contributed by atoms with van der Waals surface area (Å²) in [6.07, 6.45) is 4.76. The molecule has 96 valence electrons. The fourth-order valence-electron chi connectivity index (χ4n) is 1.49. The molecule has 0 aliphatic rings. The van der Waals surface area contributed by atoms with E-state index in [1.54, 1.807) is 24.4 Å². The van der Waals surface area contributed by atoms with Gasteiger partial charge in [-0.15, -0.1) is 0 Å². The molecule has 1 heterocycles. The number of nitrogens with one attached hydrogen (secondary N) is 1. The molecule has 0 aliphatic heterocycles. The van der Waals surface area contributed by atoms with Crippen molar-refractivity contribution < 1.29 is 4.79 Å². The standard InChI is InChI=1S/C15H13ClN2O/c1-11-2-4-12(5-3-11)6-7-15(19)18-14-10-13(16)8-9-17-14/h2-10H,1H3,(H,17,18,19)/b7-6+. The first-order chi connectivity index (χ1) is 9.13. The molecule has 0 aliphatic carbocycles. The van der Waals surface area contributed by atoms with Crippen molar-refractivity contribution in [3.05, 3.63) is 64.8 Å². The van der Waals surface area contributed by atoms with Crippen LogP contribution in [0.4, 0.5) is 5.82 Å². The van der Waals surface area contributed by atoms with Gasteiger partial charge in [-0.05, 0) is 30.7 Å². The van der Waals surface area contributed by atoms with Gasteiger partial charge in [0.2, 0.25) is 5.91 Å². The number of anilines is 1. The summed E-state index contributed by atoms with van der Waals surface area (Å²) >= 11 is 5.81. The highest BCUT2D eigenvalue weighted by Crippen LogP contribution is 2.12. The van der Waals surface area contributed by atoms with E-state index in [1.807, 2.05) is 31.2 Å². The normalized spacial score (nSPS) is 10.6. The van der Waals surface area contributed by atoms with E-state index >= 15 is 0 Å². The first-order valence-electron chi connectivity index (χ1n) is 5.81. The minimum Gasteiger partial charge on any atom is -0.307 e. The Morgan fingerprint density at radius 2 is 2.00 bits per heavy atom. The van der Waals surface area contributed by atoms with Crippen LogP contribution in [-0.4, -0.2) is 10.9 Å². The number of hydrogen-bond acceptors (Lipinski definition) is 2. The second-order valence-electron chi connectivity index (χ2n) is 4.09. The van der Waals surface area contributed by atoms with Crippen LogP contribution in [0.25, 0.3) is 6.08 Å². The van der Waals surface area contributed by atoms with E-state index in [2.05, 4.69) is 10.3 Å². The fourth-order valence-corrected chi connectivity index (χ4v) is 1.65. The zero-order valence-electron chi connectivity index (χ0n) is 10.4. The van der Waals surface area contributed by atoms with Crippen LogP contribution in [-0.2, 0) is 4.79 Å². The molecule has 4 heteroatoms. The lowest BCUT2D eigenvalue weighted by Gasteiger charge is -2.00. The zero-order valence-corrected chi connectivity index (χ0v) is 11.2. The Balaban J connectivity index is 1.99. The number of carbonyl (C=O) groups is 1. The van der Waals surface area contributed by atoms with Gasteiger partial charge in [-0.1, -0.05) is 41.4 Å². The van der Waals surface area contributed by atoms with Gasteiger partial charge in [-0.2, -0.15) is 0 Å². The zero-order chi connectivity index (χ0) is 13.7. The molecule has 1 aromatic heterocycles. The number of pyridine rings is 1. The molecular weight excluding hydrogens is 260 g/mol. The van der Waals surface area contributed by atoms with Gasteiger partial charge in [0.15, 0.2) is 0 Å². The van der Waals surface area contributed by atoms with Crippen LogP contribution >= 0.6 is 11.6 Å². The minimum atomic E-state index is -0.240. The van der Waals surface area contributed by atoms with Crippen LogP contribution in [0.15, 0.2) is 48.7 Å². The average molecular weight is 273 g/mol. The van der Waals surface area contributed by atoms with Crippen molar-refractivity contribution in [3.8, 4) is 0 Å². The topological polar surface area (TPSA) is 42.0 Å². The van der Waals surface area contributed by atoms with Crippen LogP contribution in [0, 0.1) is 6.92 Å². The smallest absolute Gasteiger partial charge is 0.249 e. The molecule has 2 rings (SSSR count). The molecule has 0 spiro atoms. The molecule has 1 aromatic carbocycles. The molecule has 0 bridgehead atoms. The molecule has 1 amide bonds. The summed E-state index contributed by atoms with van der Waals surface area (Å²) in [4.78, 5) is 15.7. The summed E-state index contributed by atoms with van der Waals surface area (Å²) < 4.78 is 0. The lowest BCUT2D eigenvalue weighted by molar-refractivity contribution is -0.111. The van der Waals surface area contributed by atoms with Gasteiger partial charge >= 0.3 is 0 Å². The van der Waals surface area contributed by atoms with Crippen molar-refractivity contribution in [1.82, 2.24) is 4.98 Å². The predicted molar refractivity (Wildman–Crippen MR) is 78.1 cm³/mol. The van der Waals surface area contributed by atoms with Gasteiger partial charge in [0.1, 0.15) is 5.82 Å². The fraction of sp³-hybridized carbons (Fsp3) is 0.0667. The Labute approximate surface area is 116 Å². The maximum Gasteiger partial charge on any atom is 0.249 e. The number of rotatable bonds is 3. The van der Waals surface area contributed by atoms with Crippen molar-refractivity contribution >= 4 is 29.4 Å². The monoisotopic (exact) mass is 272 g/mol. The van der Waals surface area contributed by atoms with Crippen LogP contribution in [0.2, 0.25) is 5.02 Å². The molecule has 0 unspecified atom stereocenters. The summed E-state index contributed by atoms with van der Waals surface area (Å²) in [5.41, 5.74) is 2.16. The Morgan fingerprint density at radius 3 is 2.68 bits per heavy atom. The lowest BCUT2D eigenvalue weighted by Crippen LogP contribution is -2.08. The third-order valence-corrected chi connectivity index (χ3v) is 2.71. The second kappa shape index (κ2) is 6.16. The SMILES string of the molecule is Cc1ccc(/C=C/C(=O)Nc2cc(Cl)ccn2)cc1. The van der Waals surface area contributed by atoms with Crippen molar-refractivity contribution in [2.75, 3.05) is 5.32 Å². The van der Waals surface area contributed by atoms with Gasteiger partial charge in [0, 0.05) is 17.3 Å². The van der Waals surface area contributed by atoms with E-state index in [4.69, 9.17) is 11.6 Å². The number of amides is 1. The molecule has 19 heavy (non-hydrogen) atoms. The van der Waals surface area contributed by atoms with Gasteiger partial charge in [0.25, 0.3) is 0 Å². The van der Waals surface area contributed by atoms with Gasteiger partial charge in [0.05, 0.1) is 0 Å². The second-order valence-corrected chi connectivity index (χ2v) is 4.53. The highest BCUT2D eigenvalue weighted by molar-refractivity contribution is 6.30. The molecule has 3 nitrogen and oxygen atoms in total. The largest absolute Gasteiger partial charge is 0.307 e. The van der Waals surface area contributed by atoms with Gasteiger partial charge < -0.3 is 5.32 Å². The lowest BCUT2D eigenvalue weighted by atomic mass is 10.1. The number of aromatic nitrogens is 1. The highest BCUT2D eigenvalue weighted by atomic mass is 35.5. The van der Waals surface area contributed by atoms with Crippen LogP contribution in [0.5, 0.6) is 0 Å². The van der Waals surface area contributed by atoms with Crippen LogP contribution in [0.1, 0.15) is 11.1 Å². The third-order valence-electron chi connectivity index (χ3n) is 2.48. The van der Waals surface area contributed by atoms with E-state index in [1.165, 1.54) is 11.6 Å². The van der Waals surface area contributed by atoms with Crippen molar-refractivity contribution in [3.63, 3.8) is 0 Å². The van der Waals surface area contributed by atoms with E-state index in [-0.39, 0.29) is 5.91 Å². The third kappa shape index (κ3) is 4.23. The minimum absolute atomic E-state index is 0.240. The number of benzene rings is 1. The molecule has 0 saturated heterocycles. The van der Waals surface area contributed by atoms with Crippen molar-refractivity contribution in [2.24, 2.45) is 0 Å². The number of hydrogen-bond donors (Lipinski definition) is 1. The van der Waals surface area contributed by atoms with Crippen LogP contribution < -0.4 is 5.32 Å². The van der Waals surface area contributed by atoms with E-state index in [9.17, 15) is 4.79 Å². The van der Waals surface area contributed by atoms with E-state index in [0.29, 0.717) is 10.8 Å².